The van der Waals surface area contributed by atoms with E-state index in [1.807, 2.05) is 0 Å². The summed E-state index contributed by atoms with van der Waals surface area (Å²) in [6, 6.07) is 5.82. The molecule has 1 aromatic carbocycles. The van der Waals surface area contributed by atoms with Crippen molar-refractivity contribution in [3.05, 3.63) is 58.2 Å². The molecule has 1 saturated carbocycles. The number of benzene rings is 1. The van der Waals surface area contributed by atoms with Crippen LogP contribution in [0.4, 0.5) is 10.5 Å². The number of rotatable bonds is 9. The largest absolute Gasteiger partial charge is 0.443 e. The normalized spacial score (nSPS) is 15.0. The van der Waals surface area contributed by atoms with E-state index in [0.717, 1.165) is 16.6 Å². The summed E-state index contributed by atoms with van der Waals surface area (Å²) in [6.45, 7) is 5.66. The van der Waals surface area contributed by atoms with E-state index < -0.39 is 28.6 Å². The summed E-state index contributed by atoms with van der Waals surface area (Å²) in [5.74, 6) is 0.174. The van der Waals surface area contributed by atoms with Crippen LogP contribution in [0.3, 0.4) is 0 Å². The van der Waals surface area contributed by atoms with E-state index in [1.54, 1.807) is 32.9 Å². The summed E-state index contributed by atoms with van der Waals surface area (Å²) in [6.07, 6.45) is 9.69. The Hall–Kier alpha value is -3.34. The minimum absolute atomic E-state index is 0.0229. The second-order valence-electron chi connectivity index (χ2n) is 10.4. The maximum atomic E-state index is 13.0. The van der Waals surface area contributed by atoms with Gasteiger partial charge in [0.05, 0.1) is 16.0 Å². The Kier molecular flexibility index (Phi) is 9.73. The van der Waals surface area contributed by atoms with E-state index in [1.165, 1.54) is 56.8 Å². The summed E-state index contributed by atoms with van der Waals surface area (Å²) in [7, 11) is 0. The molecule has 1 amide bonds. The van der Waals surface area contributed by atoms with Crippen molar-refractivity contribution in [3.63, 3.8) is 0 Å². The number of nitro benzene ring substituents is 1. The molecule has 1 heterocycles. The van der Waals surface area contributed by atoms with Gasteiger partial charge in [0, 0.05) is 24.9 Å². The lowest BCUT2D eigenvalue weighted by Gasteiger charge is -2.25. The molecule has 1 aliphatic carbocycles. The lowest BCUT2D eigenvalue weighted by molar-refractivity contribution is -0.384. The van der Waals surface area contributed by atoms with Gasteiger partial charge >= 0.3 is 6.09 Å². The first-order valence-corrected chi connectivity index (χ1v) is 13.0. The quantitative estimate of drug-likeness (QED) is 0.259. The maximum Gasteiger partial charge on any atom is 0.419 e. The number of carbonyl (C=O) groups is 2. The van der Waals surface area contributed by atoms with Crippen LogP contribution in [0.5, 0.6) is 0 Å². The maximum absolute atomic E-state index is 13.0. The molecule has 2 aromatic rings. The predicted octanol–water partition coefficient (Wildman–Crippen LogP) is 5.15. The molecule has 10 nitrogen and oxygen atoms in total. The topological polar surface area (TPSA) is 128 Å². The van der Waals surface area contributed by atoms with E-state index in [-0.39, 0.29) is 11.4 Å². The molecular formula is C26H35N5O5S. The molecule has 2 N–H and O–H groups in total. The number of hydrogen-bond donors (Lipinski definition) is 2. The van der Waals surface area contributed by atoms with Gasteiger partial charge in [-0.2, -0.15) is 0 Å². The average Bonchev–Trinajstić information content (AvgIpc) is 3.36. The van der Waals surface area contributed by atoms with E-state index in [0.29, 0.717) is 23.9 Å². The number of nitro groups is 1. The highest BCUT2D eigenvalue weighted by Gasteiger charge is 2.24. The van der Waals surface area contributed by atoms with Crippen molar-refractivity contribution in [3.8, 4) is 0 Å². The number of nitrogens with zero attached hydrogens (tertiary/aromatic N) is 3. The van der Waals surface area contributed by atoms with Crippen molar-refractivity contribution in [1.29, 1.82) is 0 Å². The lowest BCUT2D eigenvalue weighted by Crippen LogP contribution is -2.46. The van der Waals surface area contributed by atoms with E-state index in [4.69, 9.17) is 17.0 Å². The number of hydrogen-bond acceptors (Lipinski definition) is 7. The van der Waals surface area contributed by atoms with Crippen LogP contribution in [0, 0.1) is 16.0 Å². The first-order chi connectivity index (χ1) is 17.5. The Morgan fingerprint density at radius 3 is 2.51 bits per heavy atom. The first-order valence-electron chi connectivity index (χ1n) is 12.6. The van der Waals surface area contributed by atoms with Crippen LogP contribution in [-0.4, -0.2) is 43.1 Å². The molecule has 0 saturated heterocycles. The average molecular weight is 530 g/mol. The van der Waals surface area contributed by atoms with Crippen molar-refractivity contribution < 1.29 is 19.2 Å². The summed E-state index contributed by atoms with van der Waals surface area (Å²) >= 11 is 5.65. The van der Waals surface area contributed by atoms with Gasteiger partial charge in [-0.15, -0.1) is 0 Å². The standard InChI is InChI=1S/C26H35N5O5S/c1-26(2,3)36-25(33)30-16-22(28-17-30)23(32)29-21(14-11-18-7-5-4-6-8-18)24(37)27-15-19-9-12-20(13-10-19)31(34)35/h9-10,12-13,16-18,21H,4-8,11,14-15H2,1-3H3,(H,27,37)(H,29,32)/t21-/m1/s1. The molecule has 11 heteroatoms. The lowest BCUT2D eigenvalue weighted by atomic mass is 9.85. The van der Waals surface area contributed by atoms with Crippen LogP contribution in [0.15, 0.2) is 36.8 Å². The summed E-state index contributed by atoms with van der Waals surface area (Å²) in [4.78, 5) is 40.3. The zero-order chi connectivity index (χ0) is 27.0. The summed E-state index contributed by atoms with van der Waals surface area (Å²) < 4.78 is 6.46. The van der Waals surface area contributed by atoms with Crippen LogP contribution in [0.1, 0.15) is 81.8 Å². The molecule has 0 radical (unpaired) electrons. The van der Waals surface area contributed by atoms with Crippen LogP contribution in [0.2, 0.25) is 0 Å². The molecule has 1 aromatic heterocycles. The fourth-order valence-electron chi connectivity index (χ4n) is 4.28. The van der Waals surface area contributed by atoms with Gasteiger partial charge in [0.1, 0.15) is 17.6 Å². The molecule has 3 rings (SSSR count). The monoisotopic (exact) mass is 529 g/mol. The Labute approximate surface area is 222 Å². The van der Waals surface area contributed by atoms with Gasteiger partial charge in [-0.05, 0) is 45.1 Å². The van der Waals surface area contributed by atoms with E-state index >= 15 is 0 Å². The molecule has 200 valence electrons. The third-order valence-corrected chi connectivity index (χ3v) is 6.67. The van der Waals surface area contributed by atoms with Crippen LogP contribution in [-0.2, 0) is 11.3 Å². The SMILES string of the molecule is CC(C)(C)OC(=O)n1cnc(C(=O)N[C@H](CCC2CCCCC2)C(=S)NCc2ccc([N+](=O)[O-])cc2)c1. The Morgan fingerprint density at radius 1 is 1.22 bits per heavy atom. The van der Waals surface area contributed by atoms with E-state index in [9.17, 15) is 19.7 Å². The zero-order valence-electron chi connectivity index (χ0n) is 21.6. The van der Waals surface area contributed by atoms with Crippen LogP contribution in [0.25, 0.3) is 0 Å². The van der Waals surface area contributed by atoms with Gasteiger partial charge in [0.25, 0.3) is 11.6 Å². The Morgan fingerprint density at radius 2 is 1.89 bits per heavy atom. The van der Waals surface area contributed by atoms with Crippen molar-refractivity contribution in [2.45, 2.75) is 83.9 Å². The van der Waals surface area contributed by atoms with Crippen molar-refractivity contribution in [2.24, 2.45) is 5.92 Å². The van der Waals surface area contributed by atoms with Gasteiger partial charge < -0.3 is 15.4 Å². The molecule has 0 spiro atoms. The third kappa shape index (κ3) is 8.92. The minimum Gasteiger partial charge on any atom is -0.443 e. The molecule has 0 unspecified atom stereocenters. The molecule has 1 aliphatic rings. The highest BCUT2D eigenvalue weighted by molar-refractivity contribution is 7.80. The molecule has 1 atom stereocenters. The number of thiocarbonyl (C=S) groups is 1. The second-order valence-corrected chi connectivity index (χ2v) is 10.8. The highest BCUT2D eigenvalue weighted by atomic mass is 32.1. The predicted molar refractivity (Wildman–Crippen MR) is 143 cm³/mol. The van der Waals surface area contributed by atoms with Crippen molar-refractivity contribution in [2.75, 3.05) is 0 Å². The summed E-state index contributed by atoms with van der Waals surface area (Å²) in [5.41, 5.74) is 0.276. The number of nitrogens with one attached hydrogen (secondary N) is 2. The zero-order valence-corrected chi connectivity index (χ0v) is 22.4. The molecule has 37 heavy (non-hydrogen) atoms. The van der Waals surface area contributed by atoms with Crippen molar-refractivity contribution in [1.82, 2.24) is 20.2 Å². The van der Waals surface area contributed by atoms with Gasteiger partial charge in [-0.1, -0.05) is 56.5 Å². The molecule has 0 aliphatic heterocycles. The van der Waals surface area contributed by atoms with Gasteiger partial charge in [-0.3, -0.25) is 14.9 Å². The number of imidazole rings is 1. The van der Waals surface area contributed by atoms with Crippen molar-refractivity contribution >= 4 is 34.9 Å². The number of amides is 1. The third-order valence-electron chi connectivity index (χ3n) is 6.24. The van der Waals surface area contributed by atoms with E-state index in [2.05, 4.69) is 15.6 Å². The summed E-state index contributed by atoms with van der Waals surface area (Å²) in [5, 5.41) is 17.0. The Balaban J connectivity index is 1.65. The smallest absolute Gasteiger partial charge is 0.419 e. The first kappa shape index (κ1) is 28.2. The molecule has 0 bridgehead atoms. The molecule has 1 fully saturated rings. The van der Waals surface area contributed by atoms with Gasteiger partial charge in [0.2, 0.25) is 0 Å². The number of carbonyl (C=O) groups excluding carboxylic acids is 2. The number of ether oxygens (including phenoxy) is 1. The highest BCUT2D eigenvalue weighted by Crippen LogP contribution is 2.28. The number of aromatic nitrogens is 2. The van der Waals surface area contributed by atoms with Crippen LogP contribution < -0.4 is 10.6 Å². The van der Waals surface area contributed by atoms with Gasteiger partial charge in [-0.25, -0.2) is 14.3 Å². The van der Waals surface area contributed by atoms with Gasteiger partial charge in [0.15, 0.2) is 0 Å². The fourth-order valence-corrected chi connectivity index (χ4v) is 4.53. The number of non-ortho nitro benzene ring substituents is 1. The fraction of sp³-hybridized carbons (Fsp3) is 0.538. The second kappa shape index (κ2) is 12.8. The minimum atomic E-state index is -0.671. The molecular weight excluding hydrogens is 494 g/mol. The van der Waals surface area contributed by atoms with Crippen LogP contribution >= 0.6 is 12.2 Å². The Bertz CT molecular complexity index is 1100.